The molecular weight excluding hydrogens is 410 g/mol. The Hall–Kier alpha value is -2.23. The SMILES string of the molecule is Cc1ccc2nc(NC(=O)CSc3nnc(-c4cccs4)n3C3CC3)sc2c1. The fourth-order valence-electron chi connectivity index (χ4n) is 2.98. The largest absolute Gasteiger partial charge is 0.301 e. The van der Waals surface area contributed by atoms with E-state index in [1.807, 2.05) is 23.6 Å². The third kappa shape index (κ3) is 3.57. The topological polar surface area (TPSA) is 72.7 Å². The third-order valence-electron chi connectivity index (χ3n) is 4.44. The summed E-state index contributed by atoms with van der Waals surface area (Å²) in [4.78, 5) is 18.0. The summed E-state index contributed by atoms with van der Waals surface area (Å²) in [5, 5.41) is 15.1. The third-order valence-corrected chi connectivity index (χ3v) is 7.18. The molecule has 1 fully saturated rings. The van der Waals surface area contributed by atoms with Gasteiger partial charge in [-0.1, -0.05) is 35.2 Å². The van der Waals surface area contributed by atoms with E-state index in [0.29, 0.717) is 11.2 Å². The second-order valence-corrected chi connectivity index (χ2v) is 9.63. The number of thiophene rings is 1. The lowest BCUT2D eigenvalue weighted by Crippen LogP contribution is -2.14. The summed E-state index contributed by atoms with van der Waals surface area (Å²) in [6.07, 6.45) is 2.28. The van der Waals surface area contributed by atoms with Gasteiger partial charge >= 0.3 is 0 Å². The van der Waals surface area contributed by atoms with Crippen LogP contribution in [-0.2, 0) is 4.79 Å². The normalized spacial score (nSPS) is 13.9. The first-order valence-electron chi connectivity index (χ1n) is 8.96. The van der Waals surface area contributed by atoms with Gasteiger partial charge in [-0.25, -0.2) is 4.98 Å². The number of thiazole rings is 1. The van der Waals surface area contributed by atoms with Crippen molar-refractivity contribution in [1.29, 1.82) is 0 Å². The predicted molar refractivity (Wildman–Crippen MR) is 115 cm³/mol. The van der Waals surface area contributed by atoms with E-state index >= 15 is 0 Å². The number of aromatic nitrogens is 4. The number of hydrogen-bond acceptors (Lipinski definition) is 7. The highest BCUT2D eigenvalue weighted by Crippen LogP contribution is 2.41. The number of nitrogens with zero attached hydrogens (tertiary/aromatic N) is 4. The van der Waals surface area contributed by atoms with Crippen LogP contribution in [0.15, 0.2) is 40.9 Å². The number of thioether (sulfide) groups is 1. The minimum atomic E-state index is -0.0798. The highest BCUT2D eigenvalue weighted by atomic mass is 32.2. The molecule has 0 spiro atoms. The Morgan fingerprint density at radius 3 is 3.00 bits per heavy atom. The number of fused-ring (bicyclic) bond motifs is 1. The van der Waals surface area contributed by atoms with Gasteiger partial charge in [0, 0.05) is 6.04 Å². The highest BCUT2D eigenvalue weighted by molar-refractivity contribution is 7.99. The predicted octanol–water partition coefficient (Wildman–Crippen LogP) is 4.99. The molecule has 28 heavy (non-hydrogen) atoms. The van der Waals surface area contributed by atoms with Crippen LogP contribution in [0.4, 0.5) is 5.13 Å². The van der Waals surface area contributed by atoms with Gasteiger partial charge in [0.05, 0.1) is 20.8 Å². The summed E-state index contributed by atoms with van der Waals surface area (Å²) in [5.74, 6) is 1.11. The molecule has 3 aromatic heterocycles. The maximum Gasteiger partial charge on any atom is 0.236 e. The van der Waals surface area contributed by atoms with Gasteiger partial charge in [-0.05, 0) is 48.9 Å². The minimum Gasteiger partial charge on any atom is -0.301 e. The Balaban J connectivity index is 1.29. The van der Waals surface area contributed by atoms with E-state index < -0.39 is 0 Å². The van der Waals surface area contributed by atoms with Crippen molar-refractivity contribution in [2.24, 2.45) is 0 Å². The van der Waals surface area contributed by atoms with Crippen molar-refractivity contribution in [3.05, 3.63) is 41.3 Å². The Kier molecular flexibility index (Phi) is 4.65. The van der Waals surface area contributed by atoms with Gasteiger partial charge in [-0.15, -0.1) is 21.5 Å². The van der Waals surface area contributed by atoms with Gasteiger partial charge in [0.2, 0.25) is 5.91 Å². The van der Waals surface area contributed by atoms with Crippen molar-refractivity contribution >= 4 is 55.7 Å². The monoisotopic (exact) mass is 427 g/mol. The van der Waals surface area contributed by atoms with E-state index in [2.05, 4.69) is 44.1 Å². The molecule has 1 aliphatic rings. The second kappa shape index (κ2) is 7.31. The van der Waals surface area contributed by atoms with E-state index in [1.165, 1.54) is 28.7 Å². The molecule has 3 heterocycles. The number of aryl methyl sites for hydroxylation is 1. The molecule has 9 heteroatoms. The molecule has 4 aromatic rings. The Morgan fingerprint density at radius 2 is 2.21 bits per heavy atom. The fraction of sp³-hybridized carbons (Fsp3) is 0.263. The number of carbonyl (C=O) groups excluding carboxylic acids is 1. The van der Waals surface area contributed by atoms with Gasteiger partial charge in [0.1, 0.15) is 0 Å². The summed E-state index contributed by atoms with van der Waals surface area (Å²) in [6, 6.07) is 10.6. The van der Waals surface area contributed by atoms with Gasteiger partial charge in [0.15, 0.2) is 16.1 Å². The van der Waals surface area contributed by atoms with Crippen molar-refractivity contribution in [3.63, 3.8) is 0 Å². The Morgan fingerprint density at radius 1 is 1.32 bits per heavy atom. The molecule has 0 bridgehead atoms. The zero-order valence-electron chi connectivity index (χ0n) is 15.1. The molecule has 1 aromatic carbocycles. The van der Waals surface area contributed by atoms with Crippen LogP contribution in [0.3, 0.4) is 0 Å². The number of benzene rings is 1. The van der Waals surface area contributed by atoms with Gasteiger partial charge in [-0.2, -0.15) is 0 Å². The molecule has 6 nitrogen and oxygen atoms in total. The van der Waals surface area contributed by atoms with Crippen LogP contribution in [0.1, 0.15) is 24.4 Å². The maximum atomic E-state index is 12.4. The molecule has 5 rings (SSSR count). The van der Waals surface area contributed by atoms with E-state index in [4.69, 9.17) is 0 Å². The van der Waals surface area contributed by atoms with Gasteiger partial charge in [-0.3, -0.25) is 9.36 Å². The van der Waals surface area contributed by atoms with Crippen LogP contribution in [0, 0.1) is 6.92 Å². The molecule has 1 amide bonds. The summed E-state index contributed by atoms with van der Waals surface area (Å²) in [5.41, 5.74) is 2.10. The first-order chi connectivity index (χ1) is 13.7. The zero-order chi connectivity index (χ0) is 19.1. The van der Waals surface area contributed by atoms with E-state index in [9.17, 15) is 4.79 Å². The molecule has 0 radical (unpaired) electrons. The lowest BCUT2D eigenvalue weighted by Gasteiger charge is -2.07. The van der Waals surface area contributed by atoms with Crippen LogP contribution < -0.4 is 5.32 Å². The molecule has 1 N–H and O–H groups in total. The molecule has 0 saturated heterocycles. The quantitative estimate of drug-likeness (QED) is 0.439. The van der Waals surface area contributed by atoms with E-state index in [0.717, 1.165) is 38.9 Å². The standard InChI is InChI=1S/C19H17N5OS3/c1-11-4-7-13-15(9-11)28-18(20-13)21-16(25)10-27-19-23-22-17(14-3-2-8-26-14)24(19)12-5-6-12/h2-4,7-9,12H,5-6,10H2,1H3,(H,20,21,25). The maximum absolute atomic E-state index is 12.4. The van der Waals surface area contributed by atoms with Crippen LogP contribution in [0.25, 0.3) is 20.9 Å². The summed E-state index contributed by atoms with van der Waals surface area (Å²) in [6.45, 7) is 2.05. The number of rotatable bonds is 6. The minimum absolute atomic E-state index is 0.0798. The number of nitrogens with one attached hydrogen (secondary N) is 1. The van der Waals surface area contributed by atoms with Crippen molar-refractivity contribution in [2.45, 2.75) is 31.0 Å². The van der Waals surface area contributed by atoms with Crippen LogP contribution in [0.2, 0.25) is 0 Å². The van der Waals surface area contributed by atoms with Crippen molar-refractivity contribution in [2.75, 3.05) is 11.1 Å². The number of anilines is 1. The number of carbonyl (C=O) groups is 1. The molecule has 0 unspecified atom stereocenters. The molecule has 1 aliphatic carbocycles. The summed E-state index contributed by atoms with van der Waals surface area (Å²) < 4.78 is 3.27. The van der Waals surface area contributed by atoms with Crippen LogP contribution in [0.5, 0.6) is 0 Å². The molecular formula is C19H17N5OS3. The molecule has 0 atom stereocenters. The fourth-order valence-corrected chi connectivity index (χ4v) is 5.47. The highest BCUT2D eigenvalue weighted by Gasteiger charge is 2.30. The van der Waals surface area contributed by atoms with Crippen molar-refractivity contribution in [1.82, 2.24) is 19.7 Å². The van der Waals surface area contributed by atoms with E-state index in [-0.39, 0.29) is 11.7 Å². The average molecular weight is 428 g/mol. The molecule has 1 saturated carbocycles. The van der Waals surface area contributed by atoms with Crippen molar-refractivity contribution in [3.8, 4) is 10.7 Å². The first kappa shape index (κ1) is 17.8. The lowest BCUT2D eigenvalue weighted by atomic mass is 10.2. The Labute approximate surface area is 174 Å². The van der Waals surface area contributed by atoms with E-state index in [1.54, 1.807) is 11.3 Å². The lowest BCUT2D eigenvalue weighted by molar-refractivity contribution is -0.113. The number of hydrogen-bond donors (Lipinski definition) is 1. The van der Waals surface area contributed by atoms with Gasteiger partial charge < -0.3 is 5.32 Å². The van der Waals surface area contributed by atoms with Gasteiger partial charge in [0.25, 0.3) is 0 Å². The average Bonchev–Trinajstić information content (AvgIpc) is 3.09. The zero-order valence-corrected chi connectivity index (χ0v) is 17.5. The summed E-state index contributed by atoms with van der Waals surface area (Å²) >= 11 is 4.59. The first-order valence-corrected chi connectivity index (χ1v) is 11.6. The Bertz CT molecular complexity index is 1140. The number of amides is 1. The summed E-state index contributed by atoms with van der Waals surface area (Å²) in [7, 11) is 0. The van der Waals surface area contributed by atoms with Crippen LogP contribution in [-0.4, -0.2) is 31.4 Å². The van der Waals surface area contributed by atoms with Crippen LogP contribution >= 0.6 is 34.4 Å². The molecule has 0 aliphatic heterocycles. The molecule has 142 valence electrons. The van der Waals surface area contributed by atoms with Crippen molar-refractivity contribution < 1.29 is 4.79 Å². The smallest absolute Gasteiger partial charge is 0.236 e. The second-order valence-electron chi connectivity index (χ2n) is 6.71.